The Morgan fingerprint density at radius 3 is 1.68 bits per heavy atom. The fourth-order valence-corrected chi connectivity index (χ4v) is 7.52. The monoisotopic (exact) mass is 562 g/mol. The maximum atomic E-state index is 5.40. The normalized spacial score (nSPS) is 12.1. The minimum atomic E-state index is 0.976. The molecule has 2 heteroatoms. The molecule has 0 N–H and O–H groups in total. The van der Waals surface area contributed by atoms with E-state index < -0.39 is 0 Å². The molecular weight excluding hydrogens is 532 g/mol. The first kappa shape index (κ1) is 25.2. The van der Waals surface area contributed by atoms with Crippen LogP contribution in [0.3, 0.4) is 0 Å². The zero-order valence-corrected chi connectivity index (χ0v) is 25.3. The first-order valence-electron chi connectivity index (χ1n) is 15.3. The molecule has 0 bridgehead atoms. The van der Waals surface area contributed by atoms with Crippen molar-refractivity contribution in [3.63, 3.8) is 0 Å². The topological polar surface area (TPSA) is 25.8 Å². The number of pyridine rings is 2. The van der Waals surface area contributed by atoms with Crippen LogP contribution >= 0.6 is 0 Å². The highest BCUT2D eigenvalue weighted by molar-refractivity contribution is 6.20. The molecule has 6 aromatic carbocycles. The van der Waals surface area contributed by atoms with Crippen molar-refractivity contribution in [3.05, 3.63) is 132 Å². The molecule has 0 amide bonds. The Morgan fingerprint density at radius 1 is 0.386 bits per heavy atom. The fourth-order valence-electron chi connectivity index (χ4n) is 7.52. The Morgan fingerprint density at radius 2 is 0.932 bits per heavy atom. The maximum absolute atomic E-state index is 5.40. The number of aryl methyl sites for hydroxylation is 3. The third kappa shape index (κ3) is 3.31. The van der Waals surface area contributed by atoms with E-state index in [4.69, 9.17) is 9.97 Å². The minimum absolute atomic E-state index is 0.976. The van der Waals surface area contributed by atoms with Gasteiger partial charge < -0.3 is 0 Å². The second-order valence-corrected chi connectivity index (χ2v) is 12.3. The van der Waals surface area contributed by atoms with Gasteiger partial charge in [0.1, 0.15) is 0 Å². The standard InChI is InChI=1S/C42H30N2/c1-23-22-43-41-27(24(23)2)16-17-28-25(3)26(4)40(44-42(28)41)38-21-19-33(29-10-5-8-13-32(29)38)34-18-20-37-31-12-7-6-11-30(31)35-14-9-15-36(34)39(35)37/h5-22H,1-4H3. The van der Waals surface area contributed by atoms with Crippen LogP contribution in [0, 0.1) is 27.7 Å². The fraction of sp³-hybridized carbons (Fsp3) is 0.0952. The van der Waals surface area contributed by atoms with Crippen LogP contribution in [0.2, 0.25) is 0 Å². The molecule has 2 nitrogen and oxygen atoms in total. The Balaban J connectivity index is 1.30. The highest BCUT2D eigenvalue weighted by Crippen LogP contribution is 2.50. The van der Waals surface area contributed by atoms with Gasteiger partial charge in [-0.15, -0.1) is 0 Å². The summed E-state index contributed by atoms with van der Waals surface area (Å²) in [6, 6.07) is 38.0. The van der Waals surface area contributed by atoms with Gasteiger partial charge >= 0.3 is 0 Å². The van der Waals surface area contributed by atoms with Crippen molar-refractivity contribution in [3.8, 4) is 44.6 Å². The molecule has 0 unspecified atom stereocenters. The van der Waals surface area contributed by atoms with Gasteiger partial charge in [-0.05, 0) is 105 Å². The summed E-state index contributed by atoms with van der Waals surface area (Å²) >= 11 is 0. The van der Waals surface area contributed by atoms with E-state index in [1.807, 2.05) is 6.20 Å². The van der Waals surface area contributed by atoms with E-state index in [0.29, 0.717) is 0 Å². The van der Waals surface area contributed by atoms with Gasteiger partial charge in [-0.2, -0.15) is 0 Å². The van der Waals surface area contributed by atoms with Crippen molar-refractivity contribution >= 4 is 43.4 Å². The molecule has 0 aliphatic heterocycles. The summed E-state index contributed by atoms with van der Waals surface area (Å²) in [5.41, 5.74) is 16.9. The maximum Gasteiger partial charge on any atom is 0.0975 e. The quantitative estimate of drug-likeness (QED) is 0.196. The molecule has 1 aliphatic rings. The van der Waals surface area contributed by atoms with E-state index in [1.165, 1.54) is 88.0 Å². The molecule has 0 saturated carbocycles. The molecule has 0 saturated heterocycles. The molecule has 2 aromatic heterocycles. The van der Waals surface area contributed by atoms with Gasteiger partial charge in [-0.1, -0.05) is 103 Å². The van der Waals surface area contributed by atoms with Gasteiger partial charge in [0.15, 0.2) is 0 Å². The Hall–Kier alpha value is -5.34. The number of fused-ring (bicyclic) bond motifs is 7. The van der Waals surface area contributed by atoms with E-state index in [2.05, 4.69) is 131 Å². The van der Waals surface area contributed by atoms with E-state index in [9.17, 15) is 0 Å². The average Bonchev–Trinajstić information content (AvgIpc) is 3.39. The number of benzene rings is 6. The van der Waals surface area contributed by atoms with E-state index in [-0.39, 0.29) is 0 Å². The second-order valence-electron chi connectivity index (χ2n) is 12.3. The van der Waals surface area contributed by atoms with Crippen molar-refractivity contribution in [1.82, 2.24) is 9.97 Å². The number of nitrogens with zero attached hydrogens (tertiary/aromatic N) is 2. The van der Waals surface area contributed by atoms with Crippen LogP contribution in [0.5, 0.6) is 0 Å². The van der Waals surface area contributed by atoms with Crippen LogP contribution in [0.25, 0.3) is 88.0 Å². The summed E-state index contributed by atoms with van der Waals surface area (Å²) < 4.78 is 0. The van der Waals surface area contributed by atoms with Gasteiger partial charge in [0.2, 0.25) is 0 Å². The Bertz CT molecular complexity index is 2510. The van der Waals surface area contributed by atoms with Gasteiger partial charge in [-0.3, -0.25) is 4.98 Å². The van der Waals surface area contributed by atoms with Crippen LogP contribution < -0.4 is 0 Å². The molecule has 44 heavy (non-hydrogen) atoms. The zero-order chi connectivity index (χ0) is 29.7. The van der Waals surface area contributed by atoms with Gasteiger partial charge in [0, 0.05) is 22.5 Å². The highest BCUT2D eigenvalue weighted by atomic mass is 14.8. The van der Waals surface area contributed by atoms with Gasteiger partial charge in [0.25, 0.3) is 0 Å². The molecule has 208 valence electrons. The first-order chi connectivity index (χ1) is 21.5. The molecule has 0 radical (unpaired) electrons. The Kier molecular flexibility index (Phi) is 5.20. The lowest BCUT2D eigenvalue weighted by atomic mass is 9.88. The lowest BCUT2D eigenvalue weighted by molar-refractivity contribution is 1.26. The third-order valence-corrected chi connectivity index (χ3v) is 10.1. The summed E-state index contributed by atoms with van der Waals surface area (Å²) in [5.74, 6) is 0. The van der Waals surface area contributed by atoms with Crippen molar-refractivity contribution in [1.29, 1.82) is 0 Å². The van der Waals surface area contributed by atoms with E-state index in [0.717, 1.165) is 22.3 Å². The molecule has 0 fully saturated rings. The summed E-state index contributed by atoms with van der Waals surface area (Å²) in [6.07, 6.45) is 1.98. The number of hydrogen-bond acceptors (Lipinski definition) is 2. The van der Waals surface area contributed by atoms with Crippen molar-refractivity contribution in [2.45, 2.75) is 27.7 Å². The SMILES string of the molecule is Cc1cnc2c(ccc3c(C)c(C)c(-c4ccc(-c5ccc6c7c(cccc57)-c5ccccc5-6)c5ccccc45)nc32)c1C. The zero-order valence-electron chi connectivity index (χ0n) is 25.3. The number of aromatic nitrogens is 2. The molecule has 9 rings (SSSR count). The lowest BCUT2D eigenvalue weighted by Crippen LogP contribution is -1.98. The predicted molar refractivity (Wildman–Crippen MR) is 186 cm³/mol. The van der Waals surface area contributed by atoms with Crippen LogP contribution in [0.4, 0.5) is 0 Å². The molecule has 0 spiro atoms. The van der Waals surface area contributed by atoms with E-state index in [1.54, 1.807) is 0 Å². The minimum Gasteiger partial charge on any atom is -0.254 e. The molecule has 2 heterocycles. The van der Waals surface area contributed by atoms with Gasteiger partial charge in [0.05, 0.1) is 16.7 Å². The van der Waals surface area contributed by atoms with Gasteiger partial charge in [-0.25, -0.2) is 4.98 Å². The van der Waals surface area contributed by atoms with Crippen molar-refractivity contribution in [2.75, 3.05) is 0 Å². The number of hydrogen-bond donors (Lipinski definition) is 0. The third-order valence-electron chi connectivity index (χ3n) is 10.1. The van der Waals surface area contributed by atoms with Crippen molar-refractivity contribution in [2.24, 2.45) is 0 Å². The molecule has 8 aromatic rings. The van der Waals surface area contributed by atoms with Crippen molar-refractivity contribution < 1.29 is 0 Å². The Labute approximate surface area is 256 Å². The highest BCUT2D eigenvalue weighted by Gasteiger charge is 2.23. The van der Waals surface area contributed by atoms with Crippen LogP contribution in [-0.4, -0.2) is 9.97 Å². The average molecular weight is 563 g/mol. The second kappa shape index (κ2) is 9.08. The predicted octanol–water partition coefficient (Wildman–Crippen LogP) is 11.3. The smallest absolute Gasteiger partial charge is 0.0975 e. The van der Waals surface area contributed by atoms with Crippen LogP contribution in [-0.2, 0) is 0 Å². The summed E-state index contributed by atoms with van der Waals surface area (Å²) in [7, 11) is 0. The molecule has 1 aliphatic carbocycles. The van der Waals surface area contributed by atoms with E-state index >= 15 is 0 Å². The van der Waals surface area contributed by atoms with Crippen LogP contribution in [0.1, 0.15) is 22.3 Å². The first-order valence-corrected chi connectivity index (χ1v) is 15.3. The largest absolute Gasteiger partial charge is 0.254 e. The lowest BCUT2D eigenvalue weighted by Gasteiger charge is -2.17. The molecular formula is C42H30N2. The number of rotatable bonds is 2. The summed E-state index contributed by atoms with van der Waals surface area (Å²) in [5, 5.41) is 7.45. The molecule has 0 atom stereocenters. The van der Waals surface area contributed by atoms with Crippen LogP contribution in [0.15, 0.2) is 109 Å². The summed E-state index contributed by atoms with van der Waals surface area (Å²) in [6.45, 7) is 8.73. The summed E-state index contributed by atoms with van der Waals surface area (Å²) in [4.78, 5) is 10.3.